The predicted octanol–water partition coefficient (Wildman–Crippen LogP) is -1.55. The topological polar surface area (TPSA) is 150 Å². The van der Waals surface area contributed by atoms with Gasteiger partial charge < -0.3 is 25.8 Å². The molecular formula is C13H15N5O4. The van der Waals surface area contributed by atoms with Crippen LogP contribution in [0, 0.1) is 18.3 Å². The first-order valence-corrected chi connectivity index (χ1v) is 6.61. The number of nitrogens with zero attached hydrogens (tertiary/aromatic N) is 4. The number of hydrogen-bond donors (Lipinski definition) is 4. The second kappa shape index (κ2) is 4.89. The molecule has 1 aliphatic heterocycles. The molecule has 3 rings (SSSR count). The van der Waals surface area contributed by atoms with E-state index in [1.807, 2.05) is 6.07 Å². The Morgan fingerprint density at radius 2 is 2.27 bits per heavy atom. The molecule has 116 valence electrons. The third kappa shape index (κ3) is 1.72. The van der Waals surface area contributed by atoms with Gasteiger partial charge in [0, 0.05) is 0 Å². The minimum atomic E-state index is -1.86. The highest BCUT2D eigenvalue weighted by Crippen LogP contribution is 2.41. The molecule has 2 aromatic rings. The van der Waals surface area contributed by atoms with Gasteiger partial charge in [-0.05, 0) is 18.6 Å². The van der Waals surface area contributed by atoms with E-state index >= 15 is 0 Å². The molecule has 1 unspecified atom stereocenters. The number of ether oxygens (including phenoxy) is 1. The lowest BCUT2D eigenvalue weighted by molar-refractivity contribution is -0.0643. The van der Waals surface area contributed by atoms with Gasteiger partial charge in [-0.2, -0.15) is 10.4 Å². The maximum absolute atomic E-state index is 10.3. The van der Waals surface area contributed by atoms with E-state index in [0.717, 1.165) is 0 Å². The van der Waals surface area contributed by atoms with E-state index in [9.17, 15) is 20.6 Å². The van der Waals surface area contributed by atoms with Gasteiger partial charge in [0.25, 0.3) is 0 Å². The monoisotopic (exact) mass is 305 g/mol. The Morgan fingerprint density at radius 1 is 1.55 bits per heavy atom. The summed E-state index contributed by atoms with van der Waals surface area (Å²) >= 11 is 0. The van der Waals surface area contributed by atoms with Gasteiger partial charge in [-0.3, -0.25) is 0 Å². The summed E-state index contributed by atoms with van der Waals surface area (Å²) in [5, 5.41) is 43.1. The molecule has 9 heteroatoms. The summed E-state index contributed by atoms with van der Waals surface area (Å²) in [6.07, 6.45) is -2.78. The maximum atomic E-state index is 10.3. The van der Waals surface area contributed by atoms with Crippen molar-refractivity contribution in [3.8, 4) is 6.07 Å². The Balaban J connectivity index is 2.26. The number of aliphatic hydroxyl groups is 3. The first kappa shape index (κ1) is 14.7. The minimum absolute atomic E-state index is 0.221. The molecule has 0 aliphatic carbocycles. The van der Waals surface area contributed by atoms with E-state index in [1.165, 1.54) is 10.8 Å². The second-order valence-electron chi connectivity index (χ2n) is 5.24. The molecule has 3 heterocycles. The van der Waals surface area contributed by atoms with Crippen molar-refractivity contribution in [3.63, 3.8) is 0 Å². The SMILES string of the molecule is Cc1cc(C2(C#N)O[C@H](CO)[C@@H](O)[C@H]2O)n2ncnc(N)c12. The van der Waals surface area contributed by atoms with Crippen molar-refractivity contribution in [3.05, 3.63) is 23.7 Å². The van der Waals surface area contributed by atoms with Crippen LogP contribution in [0.3, 0.4) is 0 Å². The summed E-state index contributed by atoms with van der Waals surface area (Å²) < 4.78 is 6.84. The number of nitrogens with two attached hydrogens (primary N) is 1. The average Bonchev–Trinajstić information content (AvgIpc) is 2.98. The first-order chi connectivity index (χ1) is 10.5. The second-order valence-corrected chi connectivity index (χ2v) is 5.24. The quantitative estimate of drug-likeness (QED) is 0.521. The molecule has 4 atom stereocenters. The fourth-order valence-corrected chi connectivity index (χ4v) is 2.85. The normalized spacial score (nSPS) is 31.5. The molecule has 0 spiro atoms. The summed E-state index contributed by atoms with van der Waals surface area (Å²) in [6, 6.07) is 3.49. The van der Waals surface area contributed by atoms with E-state index in [2.05, 4.69) is 10.1 Å². The molecular weight excluding hydrogens is 290 g/mol. The standard InChI is InChI=1S/C13H15N5O4/c1-6-2-8(18-9(6)12(15)16-5-17-18)13(4-14)11(21)10(20)7(3-19)22-13/h2,5,7,10-11,19-21H,3H2,1H3,(H2,15,16,17)/t7-,10-,11-,13?/m1/s1. The van der Waals surface area contributed by atoms with Crippen molar-refractivity contribution >= 4 is 11.3 Å². The van der Waals surface area contributed by atoms with Gasteiger partial charge in [0.15, 0.2) is 5.82 Å². The van der Waals surface area contributed by atoms with Crippen LogP contribution in [0.2, 0.25) is 0 Å². The van der Waals surface area contributed by atoms with Crippen LogP contribution in [0.5, 0.6) is 0 Å². The lowest BCUT2D eigenvalue weighted by Gasteiger charge is -2.24. The Kier molecular flexibility index (Phi) is 3.26. The highest BCUT2D eigenvalue weighted by molar-refractivity contribution is 5.71. The summed E-state index contributed by atoms with van der Waals surface area (Å²) in [5.74, 6) is 0.221. The highest BCUT2D eigenvalue weighted by Gasteiger charge is 2.57. The van der Waals surface area contributed by atoms with E-state index in [0.29, 0.717) is 11.1 Å². The molecule has 1 aliphatic rings. The zero-order valence-electron chi connectivity index (χ0n) is 11.7. The van der Waals surface area contributed by atoms with E-state index < -0.39 is 30.5 Å². The highest BCUT2D eigenvalue weighted by atomic mass is 16.6. The van der Waals surface area contributed by atoms with Crippen LogP contribution in [0.25, 0.3) is 5.52 Å². The van der Waals surface area contributed by atoms with Crippen molar-refractivity contribution in [2.75, 3.05) is 12.3 Å². The number of aromatic nitrogens is 3. The largest absolute Gasteiger partial charge is 0.394 e. The average molecular weight is 305 g/mol. The molecule has 0 saturated carbocycles. The molecule has 0 bridgehead atoms. The zero-order valence-corrected chi connectivity index (χ0v) is 11.7. The number of anilines is 1. The summed E-state index contributed by atoms with van der Waals surface area (Å²) in [5.41, 5.74) is 5.37. The first-order valence-electron chi connectivity index (χ1n) is 6.61. The summed E-state index contributed by atoms with van der Waals surface area (Å²) in [6.45, 7) is 1.23. The number of nitrogen functional groups attached to an aromatic ring is 1. The van der Waals surface area contributed by atoms with Crippen molar-refractivity contribution in [1.82, 2.24) is 14.6 Å². The summed E-state index contributed by atoms with van der Waals surface area (Å²) in [4.78, 5) is 3.89. The Labute approximate surface area is 125 Å². The Morgan fingerprint density at radius 3 is 2.86 bits per heavy atom. The molecule has 0 aromatic carbocycles. The van der Waals surface area contributed by atoms with Gasteiger partial charge in [0.1, 0.15) is 36.2 Å². The molecule has 9 nitrogen and oxygen atoms in total. The molecule has 5 N–H and O–H groups in total. The van der Waals surface area contributed by atoms with Crippen molar-refractivity contribution in [1.29, 1.82) is 5.26 Å². The van der Waals surface area contributed by atoms with Gasteiger partial charge in [-0.25, -0.2) is 9.50 Å². The third-order valence-corrected chi connectivity index (χ3v) is 3.96. The van der Waals surface area contributed by atoms with Crippen molar-refractivity contribution < 1.29 is 20.1 Å². The van der Waals surface area contributed by atoms with Gasteiger partial charge in [-0.1, -0.05) is 0 Å². The molecule has 2 aromatic heterocycles. The predicted molar refractivity (Wildman–Crippen MR) is 73.4 cm³/mol. The van der Waals surface area contributed by atoms with E-state index in [-0.39, 0.29) is 11.5 Å². The van der Waals surface area contributed by atoms with Crippen molar-refractivity contribution in [2.45, 2.75) is 30.8 Å². The van der Waals surface area contributed by atoms with Crippen LogP contribution in [0.1, 0.15) is 11.3 Å². The van der Waals surface area contributed by atoms with Gasteiger partial charge >= 0.3 is 0 Å². The Hall–Kier alpha value is -2.25. The number of fused-ring (bicyclic) bond motifs is 1. The third-order valence-electron chi connectivity index (χ3n) is 3.96. The van der Waals surface area contributed by atoms with Gasteiger partial charge in [0.2, 0.25) is 5.60 Å². The molecule has 1 fully saturated rings. The molecule has 0 radical (unpaired) electrons. The fourth-order valence-electron chi connectivity index (χ4n) is 2.85. The fraction of sp³-hybridized carbons (Fsp3) is 0.462. The number of hydrogen-bond acceptors (Lipinski definition) is 8. The Bertz CT molecular complexity index is 770. The van der Waals surface area contributed by atoms with Crippen LogP contribution in [-0.4, -0.2) is 54.8 Å². The molecule has 0 amide bonds. The smallest absolute Gasteiger partial charge is 0.225 e. The number of aliphatic hydroxyl groups excluding tert-OH is 3. The zero-order chi connectivity index (χ0) is 16.1. The number of nitriles is 1. The number of rotatable bonds is 2. The molecule has 22 heavy (non-hydrogen) atoms. The van der Waals surface area contributed by atoms with E-state index in [1.54, 1.807) is 13.0 Å². The summed E-state index contributed by atoms with van der Waals surface area (Å²) in [7, 11) is 0. The van der Waals surface area contributed by atoms with Crippen molar-refractivity contribution in [2.24, 2.45) is 0 Å². The number of aryl methyl sites for hydroxylation is 1. The van der Waals surface area contributed by atoms with Crippen LogP contribution in [0.4, 0.5) is 5.82 Å². The van der Waals surface area contributed by atoms with Crippen LogP contribution >= 0.6 is 0 Å². The van der Waals surface area contributed by atoms with Gasteiger partial charge in [0.05, 0.1) is 12.3 Å². The van der Waals surface area contributed by atoms with Crippen LogP contribution in [0.15, 0.2) is 12.4 Å². The van der Waals surface area contributed by atoms with Gasteiger partial charge in [-0.15, -0.1) is 0 Å². The van der Waals surface area contributed by atoms with Crippen LogP contribution in [-0.2, 0) is 10.3 Å². The van der Waals surface area contributed by atoms with E-state index in [4.69, 9.17) is 10.5 Å². The minimum Gasteiger partial charge on any atom is -0.394 e. The lowest BCUT2D eigenvalue weighted by atomic mass is 9.92. The van der Waals surface area contributed by atoms with Crippen LogP contribution < -0.4 is 5.73 Å². The lowest BCUT2D eigenvalue weighted by Crippen LogP contribution is -2.40. The maximum Gasteiger partial charge on any atom is 0.225 e. The molecule has 1 saturated heterocycles.